The fraction of sp³-hybridized carbons (Fsp3) is 0.250. The predicted octanol–water partition coefficient (Wildman–Crippen LogP) is 4.16. The highest BCUT2D eigenvalue weighted by Gasteiger charge is 2.13. The van der Waals surface area contributed by atoms with Crippen molar-refractivity contribution in [3.05, 3.63) is 63.1 Å². The molecule has 0 radical (unpaired) electrons. The lowest BCUT2D eigenvalue weighted by atomic mass is 9.97. The van der Waals surface area contributed by atoms with E-state index in [-0.39, 0.29) is 0 Å². The van der Waals surface area contributed by atoms with Crippen LogP contribution in [0.5, 0.6) is 5.75 Å². The largest absolute Gasteiger partial charge is 0.496 e. The van der Waals surface area contributed by atoms with Crippen LogP contribution in [0.25, 0.3) is 0 Å². The summed E-state index contributed by atoms with van der Waals surface area (Å²) in [5.41, 5.74) is 3.84. The van der Waals surface area contributed by atoms with Crippen LogP contribution in [0.1, 0.15) is 28.4 Å². The molecule has 0 heterocycles. The summed E-state index contributed by atoms with van der Waals surface area (Å²) in [5, 5.41) is 10.4. The summed E-state index contributed by atoms with van der Waals surface area (Å²) in [4.78, 5) is 0. The van der Waals surface area contributed by atoms with Gasteiger partial charge in [-0.3, -0.25) is 0 Å². The maximum absolute atomic E-state index is 10.4. The zero-order valence-electron chi connectivity index (χ0n) is 11.3. The minimum Gasteiger partial charge on any atom is -0.496 e. The van der Waals surface area contributed by atoms with Crippen molar-refractivity contribution in [2.75, 3.05) is 7.11 Å². The fourth-order valence-corrected chi connectivity index (χ4v) is 2.57. The lowest BCUT2D eigenvalue weighted by molar-refractivity contribution is 0.220. The second-order valence-corrected chi connectivity index (χ2v) is 5.56. The van der Waals surface area contributed by atoms with Gasteiger partial charge in [0.05, 0.1) is 7.11 Å². The van der Waals surface area contributed by atoms with Crippen LogP contribution in [-0.2, 0) is 0 Å². The number of hydrogen-bond acceptors (Lipinski definition) is 2. The Morgan fingerprint density at radius 3 is 2.00 bits per heavy atom. The number of halogens is 1. The van der Waals surface area contributed by atoms with Crippen LogP contribution in [0, 0.1) is 13.8 Å². The third-order valence-electron chi connectivity index (χ3n) is 3.19. The minimum absolute atomic E-state index is 0.614. The van der Waals surface area contributed by atoms with Gasteiger partial charge in [-0.05, 0) is 60.4 Å². The molecule has 0 saturated carbocycles. The summed E-state index contributed by atoms with van der Waals surface area (Å²) in [6.45, 7) is 3.98. The van der Waals surface area contributed by atoms with Crippen molar-refractivity contribution in [2.45, 2.75) is 20.0 Å². The Hall–Kier alpha value is -1.32. The molecule has 3 heteroatoms. The Labute approximate surface area is 122 Å². The van der Waals surface area contributed by atoms with E-state index in [0.29, 0.717) is 0 Å². The molecule has 2 rings (SSSR count). The lowest BCUT2D eigenvalue weighted by Gasteiger charge is -2.16. The molecule has 0 spiro atoms. The second kappa shape index (κ2) is 5.76. The van der Waals surface area contributed by atoms with Gasteiger partial charge < -0.3 is 9.84 Å². The molecule has 2 aromatic carbocycles. The molecule has 0 aliphatic carbocycles. The van der Waals surface area contributed by atoms with Crippen LogP contribution in [0.3, 0.4) is 0 Å². The van der Waals surface area contributed by atoms with E-state index in [2.05, 4.69) is 15.9 Å². The van der Waals surface area contributed by atoms with Crippen molar-refractivity contribution in [1.82, 2.24) is 0 Å². The summed E-state index contributed by atoms with van der Waals surface area (Å²) in [5.74, 6) is 0.881. The molecule has 19 heavy (non-hydrogen) atoms. The standard InChI is InChI=1S/C16H17BrO2/c1-10-8-13(9-11(2)16(10)19-3)15(18)12-4-6-14(17)7-5-12/h4-9,15,18H,1-3H3. The number of aliphatic hydroxyl groups excluding tert-OH is 1. The van der Waals surface area contributed by atoms with E-state index in [1.165, 1.54) is 0 Å². The molecular formula is C16H17BrO2. The molecule has 0 fully saturated rings. The van der Waals surface area contributed by atoms with Crippen LogP contribution in [-0.4, -0.2) is 12.2 Å². The van der Waals surface area contributed by atoms with Crippen molar-refractivity contribution in [2.24, 2.45) is 0 Å². The highest BCUT2D eigenvalue weighted by molar-refractivity contribution is 9.10. The molecule has 0 bridgehead atoms. The number of aryl methyl sites for hydroxylation is 2. The van der Waals surface area contributed by atoms with Gasteiger partial charge in [-0.2, -0.15) is 0 Å². The van der Waals surface area contributed by atoms with Crippen LogP contribution < -0.4 is 4.74 Å². The first-order valence-electron chi connectivity index (χ1n) is 6.11. The van der Waals surface area contributed by atoms with Gasteiger partial charge in [0.15, 0.2) is 0 Å². The van der Waals surface area contributed by atoms with Crippen molar-refractivity contribution < 1.29 is 9.84 Å². The van der Waals surface area contributed by atoms with Crippen LogP contribution in [0.15, 0.2) is 40.9 Å². The molecule has 2 nitrogen and oxygen atoms in total. The quantitative estimate of drug-likeness (QED) is 0.920. The third-order valence-corrected chi connectivity index (χ3v) is 3.72. The molecule has 1 atom stereocenters. The SMILES string of the molecule is COc1c(C)cc(C(O)c2ccc(Br)cc2)cc1C. The van der Waals surface area contributed by atoms with Gasteiger partial charge in [0.25, 0.3) is 0 Å². The number of aliphatic hydroxyl groups is 1. The summed E-state index contributed by atoms with van der Waals surface area (Å²) < 4.78 is 6.35. The Morgan fingerprint density at radius 1 is 1.00 bits per heavy atom. The van der Waals surface area contributed by atoms with Gasteiger partial charge in [-0.25, -0.2) is 0 Å². The molecule has 0 saturated heterocycles. The highest BCUT2D eigenvalue weighted by atomic mass is 79.9. The van der Waals surface area contributed by atoms with Crippen LogP contribution in [0.4, 0.5) is 0 Å². The second-order valence-electron chi connectivity index (χ2n) is 4.64. The van der Waals surface area contributed by atoms with Gasteiger partial charge in [0, 0.05) is 4.47 Å². The first-order chi connectivity index (χ1) is 9.02. The van der Waals surface area contributed by atoms with Gasteiger partial charge in [0.1, 0.15) is 11.9 Å². The van der Waals surface area contributed by atoms with E-state index < -0.39 is 6.10 Å². The molecule has 0 amide bonds. The van der Waals surface area contributed by atoms with E-state index in [1.54, 1.807) is 7.11 Å². The van der Waals surface area contributed by atoms with Gasteiger partial charge in [-0.15, -0.1) is 0 Å². The van der Waals surface area contributed by atoms with E-state index in [4.69, 9.17) is 4.74 Å². The molecule has 0 aliphatic heterocycles. The molecule has 2 aromatic rings. The summed E-state index contributed by atoms with van der Waals surface area (Å²) in [6, 6.07) is 11.6. The van der Waals surface area contributed by atoms with E-state index in [9.17, 15) is 5.11 Å². The zero-order chi connectivity index (χ0) is 14.0. The zero-order valence-corrected chi connectivity index (χ0v) is 12.9. The van der Waals surface area contributed by atoms with Crippen molar-refractivity contribution in [3.8, 4) is 5.75 Å². The van der Waals surface area contributed by atoms with Crippen LogP contribution >= 0.6 is 15.9 Å². The van der Waals surface area contributed by atoms with E-state index in [0.717, 1.165) is 32.5 Å². The summed E-state index contributed by atoms with van der Waals surface area (Å²) >= 11 is 3.39. The molecule has 100 valence electrons. The van der Waals surface area contributed by atoms with Gasteiger partial charge >= 0.3 is 0 Å². The average molecular weight is 321 g/mol. The normalized spacial score (nSPS) is 12.3. The van der Waals surface area contributed by atoms with Crippen molar-refractivity contribution in [1.29, 1.82) is 0 Å². The number of ether oxygens (including phenoxy) is 1. The Balaban J connectivity index is 2.39. The highest BCUT2D eigenvalue weighted by Crippen LogP contribution is 2.30. The Bertz CT molecular complexity index is 553. The number of methoxy groups -OCH3 is 1. The third kappa shape index (κ3) is 2.99. The average Bonchev–Trinajstić information content (AvgIpc) is 2.38. The van der Waals surface area contributed by atoms with Crippen LogP contribution in [0.2, 0.25) is 0 Å². The number of rotatable bonds is 3. The maximum Gasteiger partial charge on any atom is 0.124 e. The Kier molecular flexibility index (Phi) is 4.27. The first-order valence-corrected chi connectivity index (χ1v) is 6.91. The summed E-state index contributed by atoms with van der Waals surface area (Å²) in [7, 11) is 1.67. The van der Waals surface area contributed by atoms with E-state index in [1.807, 2.05) is 50.2 Å². The molecule has 1 N–H and O–H groups in total. The maximum atomic E-state index is 10.4. The smallest absolute Gasteiger partial charge is 0.124 e. The first kappa shape index (κ1) is 14.1. The molecule has 0 aromatic heterocycles. The minimum atomic E-state index is -0.614. The van der Waals surface area contributed by atoms with Gasteiger partial charge in [0.2, 0.25) is 0 Å². The van der Waals surface area contributed by atoms with Crippen molar-refractivity contribution in [3.63, 3.8) is 0 Å². The lowest BCUT2D eigenvalue weighted by Crippen LogP contribution is -2.02. The topological polar surface area (TPSA) is 29.5 Å². The molecular weight excluding hydrogens is 304 g/mol. The Morgan fingerprint density at radius 2 is 1.53 bits per heavy atom. The summed E-state index contributed by atoms with van der Waals surface area (Å²) in [6.07, 6.45) is -0.614. The number of benzene rings is 2. The molecule has 0 aliphatic rings. The fourth-order valence-electron chi connectivity index (χ4n) is 2.30. The number of hydrogen-bond donors (Lipinski definition) is 1. The predicted molar refractivity (Wildman–Crippen MR) is 80.7 cm³/mol. The van der Waals surface area contributed by atoms with E-state index >= 15 is 0 Å². The van der Waals surface area contributed by atoms with Crippen molar-refractivity contribution >= 4 is 15.9 Å². The van der Waals surface area contributed by atoms with Gasteiger partial charge in [-0.1, -0.05) is 28.1 Å². The molecule has 1 unspecified atom stereocenters. The monoisotopic (exact) mass is 320 g/mol.